The van der Waals surface area contributed by atoms with Crippen molar-refractivity contribution in [2.75, 3.05) is 12.3 Å². The molecule has 11 heteroatoms. The third-order valence-corrected chi connectivity index (χ3v) is 4.74. The molecular weight excluding hydrogens is 371 g/mol. The van der Waals surface area contributed by atoms with Crippen molar-refractivity contribution in [1.82, 2.24) is 19.5 Å². The van der Waals surface area contributed by atoms with E-state index in [2.05, 4.69) is 20.9 Å². The van der Waals surface area contributed by atoms with Gasteiger partial charge in [0, 0.05) is 6.42 Å². The number of carbonyl (C=O) groups is 1. The predicted molar refractivity (Wildman–Crippen MR) is 95.8 cm³/mol. The number of ether oxygens (including phenoxy) is 2. The first-order valence-electron chi connectivity index (χ1n) is 8.60. The van der Waals surface area contributed by atoms with Gasteiger partial charge in [-0.3, -0.25) is 9.36 Å². The molecule has 3 heterocycles. The molecule has 0 radical (unpaired) electrons. The van der Waals surface area contributed by atoms with Gasteiger partial charge in [-0.2, -0.15) is 14.4 Å². The van der Waals surface area contributed by atoms with Crippen LogP contribution < -0.4 is 11.5 Å². The Balaban J connectivity index is 1.94. The molecule has 28 heavy (non-hydrogen) atoms. The second-order valence-electron chi connectivity index (χ2n) is 6.90. The molecule has 0 bridgehead atoms. The van der Waals surface area contributed by atoms with Crippen LogP contribution in [0.15, 0.2) is 6.33 Å². The summed E-state index contributed by atoms with van der Waals surface area (Å²) in [6.45, 7) is 2.94. The molecule has 0 aromatic carbocycles. The number of imidazole rings is 1. The minimum atomic E-state index is -1.59. The molecule has 10 nitrogen and oxygen atoms in total. The van der Waals surface area contributed by atoms with E-state index in [0.29, 0.717) is 0 Å². The Morgan fingerprint density at radius 1 is 1.61 bits per heavy atom. The fourth-order valence-corrected chi connectivity index (χ4v) is 2.98. The van der Waals surface area contributed by atoms with Gasteiger partial charge in [-0.15, -0.1) is 6.42 Å². The summed E-state index contributed by atoms with van der Waals surface area (Å²) >= 11 is 0. The Kier molecular flexibility index (Phi) is 5.20. The number of esters is 1. The Morgan fingerprint density at radius 2 is 2.32 bits per heavy atom. The number of carbonyl (C=O) groups excluding carboxylic acids is 1. The summed E-state index contributed by atoms with van der Waals surface area (Å²) in [6, 6.07) is -0.857. The van der Waals surface area contributed by atoms with Crippen LogP contribution >= 0.6 is 0 Å². The van der Waals surface area contributed by atoms with Crippen LogP contribution in [0.3, 0.4) is 0 Å². The Morgan fingerprint density at radius 3 is 2.93 bits per heavy atom. The standard InChI is InChI=1S/C17H21FN6O4/c1-4-17(6-25)9(27-15(26)11(19)8(2)3)5-10(28-17)24-7-21-12-13(20)22-16(18)23-14(12)24/h1,7-11,25H,5-6,19H2,2-3H3,(H2,20,22,23)/t9-,10+,11+,17+/m0/s1. The average Bonchev–Trinajstić information content (AvgIpc) is 3.22. The van der Waals surface area contributed by atoms with Crippen molar-refractivity contribution in [3.05, 3.63) is 12.4 Å². The lowest BCUT2D eigenvalue weighted by Crippen LogP contribution is -2.47. The molecule has 1 aliphatic heterocycles. The molecule has 0 aliphatic carbocycles. The molecule has 2 aromatic heterocycles. The topological polar surface area (TPSA) is 151 Å². The summed E-state index contributed by atoms with van der Waals surface area (Å²) < 4.78 is 26.3. The van der Waals surface area contributed by atoms with Crippen LogP contribution in [-0.2, 0) is 14.3 Å². The number of hydrogen-bond donors (Lipinski definition) is 3. The average molecular weight is 392 g/mol. The SMILES string of the molecule is C#C[C@]1(CO)O[C@@H](n2cnc3c(N)nc(F)nc32)C[C@@H]1OC(=O)[C@H](N)C(C)C. The van der Waals surface area contributed by atoms with Gasteiger partial charge in [0.05, 0.1) is 12.9 Å². The third kappa shape index (κ3) is 3.26. The lowest BCUT2D eigenvalue weighted by atomic mass is 9.98. The van der Waals surface area contributed by atoms with Crippen LogP contribution in [0.25, 0.3) is 11.2 Å². The van der Waals surface area contributed by atoms with Gasteiger partial charge in [-0.1, -0.05) is 19.8 Å². The van der Waals surface area contributed by atoms with E-state index in [1.807, 2.05) is 0 Å². The van der Waals surface area contributed by atoms with Gasteiger partial charge < -0.3 is 26.0 Å². The van der Waals surface area contributed by atoms with E-state index < -0.39 is 42.6 Å². The summed E-state index contributed by atoms with van der Waals surface area (Å²) in [5.74, 6) is 1.41. The van der Waals surface area contributed by atoms with E-state index in [-0.39, 0.29) is 29.3 Å². The number of rotatable bonds is 5. The normalized spacial score (nSPS) is 25.8. The smallest absolute Gasteiger partial charge is 0.323 e. The minimum Gasteiger partial charge on any atom is -0.457 e. The molecule has 5 N–H and O–H groups in total. The van der Waals surface area contributed by atoms with Gasteiger partial charge in [0.25, 0.3) is 0 Å². The summed E-state index contributed by atoms with van der Waals surface area (Å²) in [7, 11) is 0. The van der Waals surface area contributed by atoms with Gasteiger partial charge in [0.15, 0.2) is 22.6 Å². The van der Waals surface area contributed by atoms with E-state index in [1.54, 1.807) is 13.8 Å². The first-order valence-corrected chi connectivity index (χ1v) is 8.60. The maximum Gasteiger partial charge on any atom is 0.323 e. The van der Waals surface area contributed by atoms with Crippen molar-refractivity contribution in [3.63, 3.8) is 0 Å². The summed E-state index contributed by atoms with van der Waals surface area (Å²) in [5, 5.41) is 9.84. The van der Waals surface area contributed by atoms with Crippen LogP contribution in [0.1, 0.15) is 26.5 Å². The van der Waals surface area contributed by atoms with Gasteiger partial charge in [0.2, 0.25) is 0 Å². The molecule has 150 valence electrons. The maximum absolute atomic E-state index is 13.6. The van der Waals surface area contributed by atoms with Crippen molar-refractivity contribution in [1.29, 1.82) is 0 Å². The number of fused-ring (bicyclic) bond motifs is 1. The minimum absolute atomic E-state index is 0.0678. The predicted octanol–water partition coefficient (Wildman–Crippen LogP) is -0.274. The highest BCUT2D eigenvalue weighted by Crippen LogP contribution is 2.39. The second kappa shape index (κ2) is 7.31. The van der Waals surface area contributed by atoms with E-state index in [0.717, 1.165) is 0 Å². The largest absolute Gasteiger partial charge is 0.457 e. The molecule has 1 saturated heterocycles. The van der Waals surface area contributed by atoms with Crippen molar-refractivity contribution >= 4 is 23.0 Å². The van der Waals surface area contributed by atoms with Crippen LogP contribution in [-0.4, -0.2) is 54.9 Å². The molecule has 0 saturated carbocycles. The number of aliphatic hydroxyl groups excluding tert-OH is 1. The highest BCUT2D eigenvalue weighted by molar-refractivity contribution is 5.81. The number of aliphatic hydroxyl groups is 1. The zero-order valence-corrected chi connectivity index (χ0v) is 15.4. The number of terminal acetylenes is 1. The summed E-state index contributed by atoms with van der Waals surface area (Å²) in [4.78, 5) is 23.5. The number of nitrogens with two attached hydrogens (primary N) is 2. The van der Waals surface area contributed by atoms with Crippen molar-refractivity contribution in [2.24, 2.45) is 11.7 Å². The number of halogens is 1. The van der Waals surface area contributed by atoms with Crippen LogP contribution in [0, 0.1) is 24.3 Å². The molecule has 1 fully saturated rings. The highest BCUT2D eigenvalue weighted by atomic mass is 19.1. The molecular formula is C17H21FN6O4. The third-order valence-electron chi connectivity index (χ3n) is 4.74. The quantitative estimate of drug-likeness (QED) is 0.354. The zero-order valence-electron chi connectivity index (χ0n) is 15.4. The number of nitrogen functional groups attached to an aromatic ring is 1. The van der Waals surface area contributed by atoms with Crippen LogP contribution in [0.2, 0.25) is 0 Å². The van der Waals surface area contributed by atoms with Crippen molar-refractivity contribution in [3.8, 4) is 12.3 Å². The summed E-state index contributed by atoms with van der Waals surface area (Å²) in [6.07, 6.45) is 4.13. The van der Waals surface area contributed by atoms with Crippen LogP contribution in [0.4, 0.5) is 10.2 Å². The molecule has 0 unspecified atom stereocenters. The van der Waals surface area contributed by atoms with E-state index >= 15 is 0 Å². The monoisotopic (exact) mass is 392 g/mol. The number of nitrogens with zero attached hydrogens (tertiary/aromatic N) is 4. The highest BCUT2D eigenvalue weighted by Gasteiger charge is 2.51. The lowest BCUT2D eigenvalue weighted by Gasteiger charge is -2.28. The Labute approximate surface area is 160 Å². The Hall–Kier alpha value is -2.81. The fraction of sp³-hybridized carbons (Fsp3) is 0.529. The van der Waals surface area contributed by atoms with Crippen molar-refractivity contribution in [2.45, 2.75) is 44.2 Å². The molecule has 0 spiro atoms. The number of aromatic nitrogens is 4. The lowest BCUT2D eigenvalue weighted by molar-refractivity contribution is -0.161. The summed E-state index contributed by atoms with van der Waals surface area (Å²) in [5.41, 5.74) is 10.2. The molecule has 3 rings (SSSR count). The van der Waals surface area contributed by atoms with Crippen LogP contribution in [0.5, 0.6) is 0 Å². The molecule has 1 aliphatic rings. The zero-order chi connectivity index (χ0) is 20.6. The molecule has 4 atom stereocenters. The van der Waals surface area contributed by atoms with Gasteiger partial charge in [-0.25, -0.2) is 4.98 Å². The van der Waals surface area contributed by atoms with E-state index in [1.165, 1.54) is 10.9 Å². The Bertz CT molecular complexity index is 942. The van der Waals surface area contributed by atoms with Gasteiger partial charge >= 0.3 is 12.0 Å². The number of hydrogen-bond acceptors (Lipinski definition) is 9. The van der Waals surface area contributed by atoms with E-state index in [9.17, 15) is 14.3 Å². The number of anilines is 1. The first-order chi connectivity index (χ1) is 13.2. The molecule has 2 aromatic rings. The van der Waals surface area contributed by atoms with Crippen molar-refractivity contribution < 1.29 is 23.8 Å². The molecule has 0 amide bonds. The van der Waals surface area contributed by atoms with E-state index in [4.69, 9.17) is 27.4 Å². The van der Waals surface area contributed by atoms with Gasteiger partial charge in [0.1, 0.15) is 18.4 Å². The first kappa shape index (κ1) is 19.9. The van der Waals surface area contributed by atoms with Gasteiger partial charge in [-0.05, 0) is 5.92 Å². The fourth-order valence-electron chi connectivity index (χ4n) is 2.98. The second-order valence-corrected chi connectivity index (χ2v) is 6.90. The maximum atomic E-state index is 13.6.